The van der Waals surface area contributed by atoms with Crippen molar-refractivity contribution in [2.24, 2.45) is 17.3 Å². The Morgan fingerprint density at radius 2 is 1.95 bits per heavy atom. The number of thiophene rings is 1. The molecule has 37 heavy (non-hydrogen) atoms. The van der Waals surface area contributed by atoms with Crippen molar-refractivity contribution in [3.8, 4) is 11.1 Å². The highest BCUT2D eigenvalue weighted by Gasteiger charge is 2.72. The Bertz CT molecular complexity index is 1560. The molecule has 1 aliphatic carbocycles. The fourth-order valence-corrected chi connectivity index (χ4v) is 7.41. The number of rotatable bonds is 5. The van der Waals surface area contributed by atoms with Crippen molar-refractivity contribution >= 4 is 56.0 Å². The summed E-state index contributed by atoms with van der Waals surface area (Å²) in [5.74, 6) is -0.450. The minimum absolute atomic E-state index is 0.0505. The van der Waals surface area contributed by atoms with Crippen molar-refractivity contribution in [3.05, 3.63) is 46.7 Å². The maximum atomic E-state index is 12.9. The number of hydrogen-bond donors (Lipinski definition) is 1. The van der Waals surface area contributed by atoms with Crippen molar-refractivity contribution in [3.63, 3.8) is 0 Å². The van der Waals surface area contributed by atoms with Crippen molar-refractivity contribution in [1.29, 1.82) is 0 Å². The third-order valence-corrected chi connectivity index (χ3v) is 9.40. The van der Waals surface area contributed by atoms with Gasteiger partial charge in [-0.25, -0.2) is 4.98 Å². The van der Waals surface area contributed by atoms with Crippen LogP contribution in [0.15, 0.2) is 36.8 Å². The van der Waals surface area contributed by atoms with E-state index in [4.69, 9.17) is 16.3 Å². The Balaban J connectivity index is 1.27. The number of halogens is 1. The molecule has 1 aromatic carbocycles. The predicted molar refractivity (Wildman–Crippen MR) is 142 cm³/mol. The molecule has 8 nitrogen and oxygen atoms in total. The Morgan fingerprint density at radius 3 is 2.70 bits per heavy atom. The first-order chi connectivity index (χ1) is 17.8. The quantitative estimate of drug-likeness (QED) is 0.387. The lowest BCUT2D eigenvalue weighted by Crippen LogP contribution is -2.40. The lowest BCUT2D eigenvalue weighted by molar-refractivity contribution is -0.143. The highest BCUT2D eigenvalue weighted by Crippen LogP contribution is 2.63. The van der Waals surface area contributed by atoms with Crippen LogP contribution >= 0.6 is 22.9 Å². The SMILES string of the molecule is CC1(C)C2C(=O)N(Cc3cc4nccc(-c5cc(Cl)cc6ncn(C[C@@H]7CNCCO7)c56)c4s3)C(=O)C21. The summed E-state index contributed by atoms with van der Waals surface area (Å²) in [6.45, 7) is 7.32. The zero-order chi connectivity index (χ0) is 25.5. The van der Waals surface area contributed by atoms with Gasteiger partial charge in [0.25, 0.3) is 0 Å². The third-order valence-electron chi connectivity index (χ3n) is 8.04. The molecule has 4 aromatic rings. The maximum absolute atomic E-state index is 12.9. The van der Waals surface area contributed by atoms with Crippen LogP contribution in [0.5, 0.6) is 0 Å². The number of piperidine rings is 1. The van der Waals surface area contributed by atoms with Crippen LogP contribution < -0.4 is 5.32 Å². The lowest BCUT2D eigenvalue weighted by atomic mass is 10.0. The summed E-state index contributed by atoms with van der Waals surface area (Å²) in [5.41, 5.74) is 4.42. The van der Waals surface area contributed by atoms with Crippen molar-refractivity contribution in [1.82, 2.24) is 24.8 Å². The number of morpholine rings is 1. The Kier molecular flexibility index (Phi) is 5.24. The van der Waals surface area contributed by atoms with Crippen LogP contribution in [0.2, 0.25) is 5.02 Å². The molecule has 10 heteroatoms. The number of ether oxygens (including phenoxy) is 1. The number of imidazole rings is 1. The van der Waals surface area contributed by atoms with E-state index >= 15 is 0 Å². The molecule has 1 N–H and O–H groups in total. The van der Waals surface area contributed by atoms with Gasteiger partial charge >= 0.3 is 0 Å². The minimum atomic E-state index is -0.209. The fraction of sp³-hybridized carbons (Fsp3) is 0.407. The van der Waals surface area contributed by atoms with Crippen molar-refractivity contribution < 1.29 is 14.3 Å². The molecular formula is C27H26ClN5O3S. The molecule has 2 unspecified atom stereocenters. The highest BCUT2D eigenvalue weighted by atomic mass is 35.5. The molecular weight excluding hydrogens is 510 g/mol. The number of likely N-dealkylation sites (tertiary alicyclic amines) is 1. The van der Waals surface area contributed by atoms with E-state index in [2.05, 4.69) is 19.9 Å². The first-order valence-electron chi connectivity index (χ1n) is 12.5. The van der Waals surface area contributed by atoms with Crippen LogP contribution in [0, 0.1) is 17.3 Å². The van der Waals surface area contributed by atoms with Gasteiger partial charge in [0.15, 0.2) is 0 Å². The van der Waals surface area contributed by atoms with Gasteiger partial charge < -0.3 is 14.6 Å². The molecule has 3 fully saturated rings. The van der Waals surface area contributed by atoms with E-state index in [9.17, 15) is 9.59 Å². The summed E-state index contributed by atoms with van der Waals surface area (Å²) in [7, 11) is 0. The van der Waals surface area contributed by atoms with Gasteiger partial charge in [0.05, 0.1) is 65.2 Å². The molecule has 2 amide bonds. The summed E-state index contributed by atoms with van der Waals surface area (Å²) in [6.07, 6.45) is 3.70. The van der Waals surface area contributed by atoms with E-state index in [0.29, 0.717) is 18.2 Å². The first-order valence-corrected chi connectivity index (χ1v) is 13.7. The molecule has 1 saturated carbocycles. The largest absolute Gasteiger partial charge is 0.374 e. The van der Waals surface area contributed by atoms with Gasteiger partial charge in [0.2, 0.25) is 11.8 Å². The summed E-state index contributed by atoms with van der Waals surface area (Å²) < 4.78 is 9.07. The number of nitrogens with one attached hydrogen (secondary N) is 1. The van der Waals surface area contributed by atoms with E-state index in [-0.39, 0.29) is 41.7 Å². The Labute approximate surface area is 222 Å². The highest BCUT2D eigenvalue weighted by molar-refractivity contribution is 7.19. The molecule has 2 aliphatic heterocycles. The average molecular weight is 536 g/mol. The number of imide groups is 1. The molecule has 190 valence electrons. The molecule has 3 atom stereocenters. The van der Waals surface area contributed by atoms with Gasteiger partial charge in [0.1, 0.15) is 0 Å². The first kappa shape index (κ1) is 23.3. The van der Waals surface area contributed by atoms with E-state index in [1.807, 2.05) is 44.4 Å². The van der Waals surface area contributed by atoms with Crippen LogP contribution in [-0.2, 0) is 27.4 Å². The smallest absolute Gasteiger partial charge is 0.234 e. The third kappa shape index (κ3) is 3.63. The van der Waals surface area contributed by atoms with Crippen LogP contribution in [0.25, 0.3) is 32.4 Å². The summed E-state index contributed by atoms with van der Waals surface area (Å²) in [6, 6.07) is 7.83. The van der Waals surface area contributed by atoms with Crippen LogP contribution in [0.3, 0.4) is 0 Å². The summed E-state index contributed by atoms with van der Waals surface area (Å²) in [4.78, 5) is 37.4. The number of carbonyl (C=O) groups is 2. The van der Waals surface area contributed by atoms with Gasteiger partial charge in [0, 0.05) is 40.3 Å². The molecule has 3 aliphatic rings. The second kappa shape index (κ2) is 8.33. The van der Waals surface area contributed by atoms with Gasteiger partial charge in [-0.3, -0.25) is 19.5 Å². The monoisotopic (exact) mass is 535 g/mol. The number of pyridine rings is 1. The second-order valence-electron chi connectivity index (χ2n) is 10.7. The standard InChI is InChI=1S/C27H26ClN5O3S/c1-27(2)21-22(27)26(35)33(25(21)34)12-16-9-20-24(37-16)17(3-4-30-20)18-7-14(28)8-19-23(18)32(13-31-19)11-15-10-29-5-6-36-15/h3-4,7-9,13,15,21-22,29H,5-6,10-12H2,1-2H3/t15-,21?,22?/m0/s1. The molecule has 3 aromatic heterocycles. The van der Waals surface area contributed by atoms with Crippen LogP contribution in [-0.4, -0.2) is 57.0 Å². The molecule has 0 spiro atoms. The predicted octanol–water partition coefficient (Wildman–Crippen LogP) is 4.10. The second-order valence-corrected chi connectivity index (χ2v) is 12.3. The van der Waals surface area contributed by atoms with Gasteiger partial charge in [-0.05, 0) is 29.7 Å². The fourth-order valence-electron chi connectivity index (χ4n) is 6.07. The Morgan fingerprint density at radius 1 is 1.14 bits per heavy atom. The number of nitrogens with zero attached hydrogens (tertiary/aromatic N) is 4. The van der Waals surface area contributed by atoms with Crippen LogP contribution in [0.4, 0.5) is 0 Å². The number of aromatic nitrogens is 3. The number of hydrogen-bond acceptors (Lipinski definition) is 7. The minimum Gasteiger partial charge on any atom is -0.374 e. The Hall–Kier alpha value is -2.85. The zero-order valence-corrected chi connectivity index (χ0v) is 22.1. The number of carbonyl (C=O) groups excluding carboxylic acids is 2. The number of fused-ring (bicyclic) bond motifs is 3. The number of benzene rings is 1. The lowest BCUT2D eigenvalue weighted by Gasteiger charge is -2.24. The topological polar surface area (TPSA) is 89.3 Å². The zero-order valence-electron chi connectivity index (χ0n) is 20.5. The van der Waals surface area contributed by atoms with E-state index in [0.717, 1.165) is 50.3 Å². The molecule has 5 heterocycles. The van der Waals surface area contributed by atoms with Gasteiger partial charge in [-0.2, -0.15) is 0 Å². The molecule has 2 saturated heterocycles. The average Bonchev–Trinajstić information content (AvgIpc) is 3.23. The normalized spacial score (nSPS) is 24.8. The van der Waals surface area contributed by atoms with Crippen molar-refractivity contribution in [2.75, 3.05) is 19.7 Å². The van der Waals surface area contributed by atoms with Crippen molar-refractivity contribution in [2.45, 2.75) is 33.0 Å². The van der Waals surface area contributed by atoms with E-state index in [1.165, 1.54) is 4.90 Å². The molecule has 7 rings (SSSR count). The van der Waals surface area contributed by atoms with Crippen LogP contribution in [0.1, 0.15) is 18.7 Å². The maximum Gasteiger partial charge on any atom is 0.234 e. The summed E-state index contributed by atoms with van der Waals surface area (Å²) >= 11 is 8.11. The van der Waals surface area contributed by atoms with E-state index < -0.39 is 0 Å². The summed E-state index contributed by atoms with van der Waals surface area (Å²) in [5, 5.41) is 4.00. The van der Waals surface area contributed by atoms with Gasteiger partial charge in [-0.1, -0.05) is 25.4 Å². The van der Waals surface area contributed by atoms with Gasteiger partial charge in [-0.15, -0.1) is 11.3 Å². The molecule has 0 bridgehead atoms. The number of amides is 2. The van der Waals surface area contributed by atoms with E-state index in [1.54, 1.807) is 17.5 Å². The molecule has 0 radical (unpaired) electrons.